The number of rotatable bonds is 2. The smallest absolute Gasteiger partial charge is 0.265 e. The Bertz CT molecular complexity index is 814. The summed E-state index contributed by atoms with van der Waals surface area (Å²) in [5.74, 6) is 0. The first-order chi connectivity index (χ1) is 9.13. The van der Waals surface area contributed by atoms with Gasteiger partial charge in [-0.15, -0.1) is 11.3 Å². The fourth-order valence-corrected chi connectivity index (χ4v) is 4.12. The Kier molecular flexibility index (Phi) is 3.46. The van der Waals surface area contributed by atoms with Crippen molar-refractivity contribution in [2.75, 3.05) is 5.73 Å². The molecule has 2 aromatic heterocycles. The lowest BCUT2D eigenvalue weighted by atomic mass is 10.3. The predicted octanol–water partition coefficient (Wildman–Crippen LogP) is 2.72. The minimum atomic E-state index is -0.136. The van der Waals surface area contributed by atoms with E-state index in [4.69, 9.17) is 5.73 Å². The maximum atomic E-state index is 11.5. The number of aromatic nitrogens is 3. The van der Waals surface area contributed by atoms with Gasteiger partial charge in [-0.2, -0.15) is 0 Å². The average Bonchev–Trinajstić information content (AvgIpc) is 2.76. The van der Waals surface area contributed by atoms with Gasteiger partial charge in [-0.05, 0) is 52.6 Å². The van der Waals surface area contributed by atoms with E-state index in [9.17, 15) is 4.79 Å². The number of H-pyrrole nitrogens is 1. The third kappa shape index (κ3) is 2.60. The molecular formula is C11H7IN4OS2. The molecule has 0 aliphatic heterocycles. The first-order valence-corrected chi connectivity index (χ1v) is 7.92. The van der Waals surface area contributed by atoms with Crippen LogP contribution in [0, 0.1) is 3.57 Å². The number of thiazole rings is 1. The monoisotopic (exact) mass is 402 g/mol. The molecule has 0 amide bonds. The molecule has 0 radical (unpaired) electrons. The van der Waals surface area contributed by atoms with E-state index in [2.05, 4.69) is 15.0 Å². The number of nitrogen functional groups attached to an aromatic ring is 1. The normalized spacial score (nSPS) is 11.0. The topological polar surface area (TPSA) is 84.7 Å². The number of anilines is 1. The molecule has 0 aliphatic carbocycles. The molecule has 5 nitrogen and oxygen atoms in total. The lowest BCUT2D eigenvalue weighted by Crippen LogP contribution is -2.10. The van der Waals surface area contributed by atoms with Crippen molar-refractivity contribution < 1.29 is 0 Å². The molecule has 0 aliphatic rings. The minimum absolute atomic E-state index is 0.136. The third-order valence-electron chi connectivity index (χ3n) is 2.34. The van der Waals surface area contributed by atoms with Crippen LogP contribution in [-0.4, -0.2) is 15.0 Å². The largest absolute Gasteiger partial charge is 0.399 e. The van der Waals surface area contributed by atoms with Gasteiger partial charge < -0.3 is 10.7 Å². The SMILES string of the molecule is Nc1ccc2nc(Sc3nc[nH]c(=O)c3I)sc2c1. The Labute approximate surface area is 129 Å². The number of hydrogen-bond acceptors (Lipinski definition) is 6. The second-order valence-corrected chi connectivity index (χ2v) is 7.01. The van der Waals surface area contributed by atoms with E-state index in [1.54, 1.807) is 0 Å². The molecule has 0 saturated carbocycles. The van der Waals surface area contributed by atoms with Crippen LogP contribution in [0.5, 0.6) is 0 Å². The summed E-state index contributed by atoms with van der Waals surface area (Å²) in [6.07, 6.45) is 1.40. The highest BCUT2D eigenvalue weighted by molar-refractivity contribution is 14.1. The quantitative estimate of drug-likeness (QED) is 0.391. The maximum absolute atomic E-state index is 11.5. The third-order valence-corrected chi connectivity index (χ3v) is 5.79. The summed E-state index contributed by atoms with van der Waals surface area (Å²) >= 11 is 4.91. The Morgan fingerprint density at radius 2 is 2.26 bits per heavy atom. The Balaban J connectivity index is 2.01. The zero-order valence-corrected chi connectivity index (χ0v) is 13.2. The van der Waals surface area contributed by atoms with Gasteiger partial charge in [0, 0.05) is 5.69 Å². The number of hydrogen-bond donors (Lipinski definition) is 2. The van der Waals surface area contributed by atoms with Crippen molar-refractivity contribution in [2.45, 2.75) is 9.37 Å². The van der Waals surface area contributed by atoms with Crippen LogP contribution in [0.25, 0.3) is 10.2 Å². The lowest BCUT2D eigenvalue weighted by molar-refractivity contribution is 0.987. The number of halogens is 1. The average molecular weight is 402 g/mol. The summed E-state index contributed by atoms with van der Waals surface area (Å²) in [7, 11) is 0. The van der Waals surface area contributed by atoms with Crippen LogP contribution in [0.1, 0.15) is 0 Å². The van der Waals surface area contributed by atoms with Crippen molar-refractivity contribution in [1.29, 1.82) is 0 Å². The fraction of sp³-hybridized carbons (Fsp3) is 0. The molecule has 8 heteroatoms. The number of aromatic amines is 1. The molecule has 19 heavy (non-hydrogen) atoms. The van der Waals surface area contributed by atoms with Crippen molar-refractivity contribution in [3.05, 3.63) is 38.5 Å². The lowest BCUT2D eigenvalue weighted by Gasteiger charge is -1.97. The molecule has 0 atom stereocenters. The Morgan fingerprint density at radius 3 is 3.11 bits per heavy atom. The van der Waals surface area contributed by atoms with Crippen LogP contribution in [-0.2, 0) is 0 Å². The van der Waals surface area contributed by atoms with Gasteiger partial charge in [-0.3, -0.25) is 4.79 Å². The summed E-state index contributed by atoms with van der Waals surface area (Å²) in [6, 6.07) is 5.61. The van der Waals surface area contributed by atoms with E-state index in [0.717, 1.165) is 20.2 Å². The number of nitrogens with one attached hydrogen (secondary N) is 1. The standard InChI is InChI=1S/C11H7IN4OS2/c12-8-9(17)14-4-15-10(8)19-11-16-6-2-1-5(13)3-7(6)18-11/h1-4H,13H2,(H,14,15,17). The molecule has 0 unspecified atom stereocenters. The van der Waals surface area contributed by atoms with Gasteiger partial charge in [0.05, 0.1) is 16.5 Å². The van der Waals surface area contributed by atoms with Crippen LogP contribution in [0.15, 0.2) is 38.7 Å². The van der Waals surface area contributed by atoms with E-state index in [0.29, 0.717) is 8.60 Å². The Morgan fingerprint density at radius 1 is 1.42 bits per heavy atom. The van der Waals surface area contributed by atoms with Gasteiger partial charge in [0.2, 0.25) is 0 Å². The molecular weight excluding hydrogens is 395 g/mol. The van der Waals surface area contributed by atoms with Crippen LogP contribution in [0.4, 0.5) is 5.69 Å². The number of fused-ring (bicyclic) bond motifs is 1. The van der Waals surface area contributed by atoms with Gasteiger partial charge >= 0.3 is 0 Å². The molecule has 0 bridgehead atoms. The van der Waals surface area contributed by atoms with Crippen LogP contribution >= 0.6 is 45.7 Å². The van der Waals surface area contributed by atoms with Crippen molar-refractivity contribution >= 4 is 61.6 Å². The highest BCUT2D eigenvalue weighted by Gasteiger charge is 2.11. The molecule has 3 rings (SSSR count). The van der Waals surface area contributed by atoms with Crippen molar-refractivity contribution in [1.82, 2.24) is 15.0 Å². The van der Waals surface area contributed by atoms with Crippen LogP contribution in [0.2, 0.25) is 0 Å². The summed E-state index contributed by atoms with van der Waals surface area (Å²) in [4.78, 5) is 22.7. The maximum Gasteiger partial charge on any atom is 0.265 e. The van der Waals surface area contributed by atoms with Crippen LogP contribution in [0.3, 0.4) is 0 Å². The highest BCUT2D eigenvalue weighted by atomic mass is 127. The second kappa shape index (κ2) is 5.10. The molecule has 0 spiro atoms. The molecule has 96 valence electrons. The summed E-state index contributed by atoms with van der Waals surface area (Å²) in [6.45, 7) is 0. The summed E-state index contributed by atoms with van der Waals surface area (Å²) < 4.78 is 2.45. The van der Waals surface area contributed by atoms with Crippen molar-refractivity contribution in [3.8, 4) is 0 Å². The van der Waals surface area contributed by atoms with E-state index in [1.807, 2.05) is 40.8 Å². The number of benzene rings is 1. The summed E-state index contributed by atoms with van der Waals surface area (Å²) in [5.41, 5.74) is 7.23. The Hall–Kier alpha value is -1.13. The van der Waals surface area contributed by atoms with Crippen molar-refractivity contribution in [2.24, 2.45) is 0 Å². The first kappa shape index (κ1) is 12.9. The molecule has 2 heterocycles. The van der Waals surface area contributed by atoms with Gasteiger partial charge in [-0.1, -0.05) is 0 Å². The van der Waals surface area contributed by atoms with Gasteiger partial charge in [0.15, 0.2) is 4.34 Å². The van der Waals surface area contributed by atoms with E-state index in [-0.39, 0.29) is 5.56 Å². The van der Waals surface area contributed by atoms with Crippen LogP contribution < -0.4 is 11.3 Å². The van der Waals surface area contributed by atoms with Crippen molar-refractivity contribution in [3.63, 3.8) is 0 Å². The molecule has 0 fully saturated rings. The van der Waals surface area contributed by atoms with Gasteiger partial charge in [0.25, 0.3) is 5.56 Å². The first-order valence-electron chi connectivity index (χ1n) is 5.20. The highest BCUT2D eigenvalue weighted by Crippen LogP contribution is 2.34. The second-order valence-electron chi connectivity index (χ2n) is 3.66. The number of nitrogens with zero attached hydrogens (tertiary/aromatic N) is 2. The van der Waals surface area contributed by atoms with E-state index < -0.39 is 0 Å². The molecule has 0 saturated heterocycles. The fourth-order valence-electron chi connectivity index (χ4n) is 1.48. The zero-order chi connectivity index (χ0) is 13.4. The van der Waals surface area contributed by atoms with E-state index >= 15 is 0 Å². The van der Waals surface area contributed by atoms with E-state index in [1.165, 1.54) is 29.4 Å². The molecule has 3 N–H and O–H groups in total. The molecule has 3 aromatic rings. The predicted molar refractivity (Wildman–Crippen MR) is 85.7 cm³/mol. The van der Waals surface area contributed by atoms with Gasteiger partial charge in [0.1, 0.15) is 8.60 Å². The summed E-state index contributed by atoms with van der Waals surface area (Å²) in [5, 5.41) is 0.663. The minimum Gasteiger partial charge on any atom is -0.399 e. The molecule has 1 aromatic carbocycles. The zero-order valence-electron chi connectivity index (χ0n) is 9.38. The number of nitrogens with two attached hydrogens (primary N) is 1. The van der Waals surface area contributed by atoms with Gasteiger partial charge in [-0.25, -0.2) is 9.97 Å².